The summed E-state index contributed by atoms with van der Waals surface area (Å²) in [6.45, 7) is -0.430. The van der Waals surface area contributed by atoms with Gasteiger partial charge in [-0.1, -0.05) is 6.07 Å². The minimum atomic E-state index is -2.94. The number of benzene rings is 1. The van der Waals surface area contributed by atoms with Crippen molar-refractivity contribution in [2.45, 2.75) is 20.1 Å². The predicted octanol–water partition coefficient (Wildman–Crippen LogP) is 1.57. The summed E-state index contributed by atoms with van der Waals surface area (Å²) in [5.74, 6) is -0.339. The van der Waals surface area contributed by atoms with E-state index in [0.717, 1.165) is 5.56 Å². The number of alkyl halides is 2. The molecule has 0 radical (unpaired) electrons. The van der Waals surface area contributed by atoms with Crippen LogP contribution >= 0.6 is 0 Å². The lowest BCUT2D eigenvalue weighted by atomic mass is 10.2. The maximum absolute atomic E-state index is 12.3. The van der Waals surface area contributed by atoms with Crippen LogP contribution in [0, 0.1) is 0 Å². The van der Waals surface area contributed by atoms with Gasteiger partial charge >= 0.3 is 12.6 Å². The van der Waals surface area contributed by atoms with Gasteiger partial charge in [0.15, 0.2) is 11.5 Å². The van der Waals surface area contributed by atoms with E-state index >= 15 is 0 Å². The fourth-order valence-electron chi connectivity index (χ4n) is 1.99. The van der Waals surface area contributed by atoms with Gasteiger partial charge in [0.2, 0.25) is 5.91 Å². The summed E-state index contributed by atoms with van der Waals surface area (Å²) in [5, 5.41) is 4.65. The van der Waals surface area contributed by atoms with Crippen molar-refractivity contribution >= 4 is 11.9 Å². The number of halogens is 2. The summed E-state index contributed by atoms with van der Waals surface area (Å²) < 4.78 is 33.9. The Morgan fingerprint density at radius 3 is 2.58 bits per heavy atom. The molecule has 0 aliphatic carbocycles. The number of imide groups is 1. The molecular weight excluding hydrogens is 324 g/mol. The molecule has 0 spiro atoms. The molecule has 1 aromatic rings. The van der Waals surface area contributed by atoms with E-state index in [0.29, 0.717) is 13.1 Å². The van der Waals surface area contributed by atoms with Crippen molar-refractivity contribution in [3.05, 3.63) is 23.8 Å². The lowest BCUT2D eigenvalue weighted by Crippen LogP contribution is -2.43. The van der Waals surface area contributed by atoms with Gasteiger partial charge in [0, 0.05) is 13.1 Å². The normalized spacial score (nSPS) is 10.6. The van der Waals surface area contributed by atoms with E-state index in [2.05, 4.69) is 15.4 Å². The number of hydrogen-bond acceptors (Lipinski definition) is 5. The predicted molar refractivity (Wildman–Crippen MR) is 83.2 cm³/mol. The Bertz CT molecular complexity index is 570. The van der Waals surface area contributed by atoms with Gasteiger partial charge in [0.25, 0.3) is 0 Å². The van der Waals surface area contributed by atoms with E-state index in [1.807, 2.05) is 0 Å². The number of nitrogens with zero attached hydrogens (tertiary/aromatic N) is 1. The van der Waals surface area contributed by atoms with Crippen LogP contribution in [0.1, 0.15) is 12.5 Å². The smallest absolute Gasteiger partial charge is 0.387 e. The van der Waals surface area contributed by atoms with Gasteiger partial charge < -0.3 is 14.8 Å². The molecule has 0 aliphatic rings. The molecule has 1 rings (SSSR count). The van der Waals surface area contributed by atoms with Crippen LogP contribution in [0.25, 0.3) is 0 Å². The summed E-state index contributed by atoms with van der Waals surface area (Å²) in [4.78, 5) is 24.6. The highest BCUT2D eigenvalue weighted by molar-refractivity contribution is 5.95. The second-order valence-electron chi connectivity index (χ2n) is 4.94. The average molecular weight is 345 g/mol. The van der Waals surface area contributed by atoms with Crippen LogP contribution in [0.15, 0.2) is 18.2 Å². The van der Waals surface area contributed by atoms with Crippen LogP contribution in [0.5, 0.6) is 11.5 Å². The minimum absolute atomic E-state index is 0.00522. The first-order valence-electron chi connectivity index (χ1n) is 7.23. The van der Waals surface area contributed by atoms with Crippen LogP contribution in [0.2, 0.25) is 0 Å². The molecule has 0 heterocycles. The summed E-state index contributed by atoms with van der Waals surface area (Å²) in [6.07, 6.45) is 0. The molecule has 0 unspecified atom stereocenters. The third kappa shape index (κ3) is 6.78. The summed E-state index contributed by atoms with van der Waals surface area (Å²) in [5.41, 5.74) is 0.738. The molecule has 24 heavy (non-hydrogen) atoms. The number of ether oxygens (including phenoxy) is 2. The number of carbonyl (C=O) groups is 2. The van der Waals surface area contributed by atoms with E-state index in [1.54, 1.807) is 31.0 Å². The first kappa shape index (κ1) is 19.6. The molecule has 3 amide bonds. The molecule has 0 saturated heterocycles. The first-order valence-corrected chi connectivity index (χ1v) is 7.23. The molecule has 0 fully saturated rings. The molecule has 0 saturated carbocycles. The van der Waals surface area contributed by atoms with Crippen molar-refractivity contribution in [3.8, 4) is 11.5 Å². The largest absolute Gasteiger partial charge is 0.493 e. The minimum Gasteiger partial charge on any atom is -0.493 e. The molecule has 0 atom stereocenters. The number of methoxy groups -OCH3 is 1. The summed E-state index contributed by atoms with van der Waals surface area (Å²) >= 11 is 0. The van der Waals surface area contributed by atoms with E-state index in [-0.39, 0.29) is 18.0 Å². The van der Waals surface area contributed by atoms with Crippen LogP contribution in [0.3, 0.4) is 0 Å². The number of amides is 3. The number of likely N-dealkylation sites (N-methyl/N-ethyl adjacent to an activating group) is 1. The zero-order chi connectivity index (χ0) is 18.1. The van der Waals surface area contributed by atoms with Crippen molar-refractivity contribution in [2.75, 3.05) is 27.2 Å². The Labute approximate surface area is 138 Å². The van der Waals surface area contributed by atoms with Gasteiger partial charge in [-0.25, -0.2) is 4.79 Å². The molecule has 2 N–H and O–H groups in total. The third-order valence-corrected chi connectivity index (χ3v) is 2.90. The lowest BCUT2D eigenvalue weighted by Gasteiger charge is -2.17. The van der Waals surface area contributed by atoms with Crippen LogP contribution in [-0.2, 0) is 11.3 Å². The van der Waals surface area contributed by atoms with Crippen LogP contribution in [0.4, 0.5) is 13.6 Å². The lowest BCUT2D eigenvalue weighted by molar-refractivity contribution is -0.121. The fourth-order valence-corrected chi connectivity index (χ4v) is 1.99. The third-order valence-electron chi connectivity index (χ3n) is 2.90. The van der Waals surface area contributed by atoms with Crippen molar-refractivity contribution in [3.63, 3.8) is 0 Å². The highest BCUT2D eigenvalue weighted by Crippen LogP contribution is 2.29. The van der Waals surface area contributed by atoms with E-state index in [1.165, 1.54) is 13.2 Å². The standard InChI is InChI=1S/C15H21F2N3O4/c1-4-18-15(22)19-13(21)9-20(2)8-10-5-6-11(24-14(16)17)12(7-10)23-3/h5-7,14H,4,8-9H2,1-3H3,(H2,18,19,21,22). The Kier molecular flexibility index (Phi) is 7.90. The summed E-state index contributed by atoms with van der Waals surface area (Å²) in [6, 6.07) is 3.98. The van der Waals surface area contributed by atoms with E-state index < -0.39 is 18.5 Å². The molecular formula is C15H21F2N3O4. The van der Waals surface area contributed by atoms with Crippen molar-refractivity contribution < 1.29 is 27.8 Å². The Morgan fingerprint density at radius 1 is 1.29 bits per heavy atom. The maximum Gasteiger partial charge on any atom is 0.387 e. The zero-order valence-electron chi connectivity index (χ0n) is 13.8. The summed E-state index contributed by atoms with van der Waals surface area (Å²) in [7, 11) is 3.04. The van der Waals surface area contributed by atoms with Crippen LogP contribution < -0.4 is 20.1 Å². The molecule has 0 bridgehead atoms. The quantitative estimate of drug-likeness (QED) is 0.748. The van der Waals surface area contributed by atoms with Crippen molar-refractivity contribution in [2.24, 2.45) is 0 Å². The van der Waals surface area contributed by atoms with Crippen molar-refractivity contribution in [1.29, 1.82) is 0 Å². The number of carbonyl (C=O) groups excluding carboxylic acids is 2. The van der Waals surface area contributed by atoms with Crippen molar-refractivity contribution in [1.82, 2.24) is 15.5 Å². The van der Waals surface area contributed by atoms with E-state index in [4.69, 9.17) is 4.74 Å². The van der Waals surface area contributed by atoms with Gasteiger partial charge in [-0.3, -0.25) is 15.0 Å². The highest BCUT2D eigenvalue weighted by atomic mass is 19.3. The number of urea groups is 1. The van der Waals surface area contributed by atoms with Gasteiger partial charge in [0.05, 0.1) is 13.7 Å². The fraction of sp³-hybridized carbons (Fsp3) is 0.467. The monoisotopic (exact) mass is 345 g/mol. The first-order chi connectivity index (χ1) is 11.3. The Hall–Kier alpha value is -2.42. The second kappa shape index (κ2) is 9.66. The number of nitrogens with one attached hydrogen (secondary N) is 2. The highest BCUT2D eigenvalue weighted by Gasteiger charge is 2.13. The number of rotatable bonds is 8. The van der Waals surface area contributed by atoms with E-state index in [9.17, 15) is 18.4 Å². The SMILES string of the molecule is CCNC(=O)NC(=O)CN(C)Cc1ccc(OC(F)F)c(OC)c1. The molecule has 9 heteroatoms. The van der Waals surface area contributed by atoms with Gasteiger partial charge in [-0.15, -0.1) is 0 Å². The Morgan fingerprint density at radius 2 is 2.00 bits per heavy atom. The molecule has 134 valence electrons. The second-order valence-corrected chi connectivity index (χ2v) is 4.94. The molecule has 0 aromatic heterocycles. The molecule has 1 aromatic carbocycles. The molecule has 7 nitrogen and oxygen atoms in total. The Balaban J connectivity index is 2.61. The molecule has 0 aliphatic heterocycles. The van der Waals surface area contributed by atoms with Gasteiger partial charge in [-0.2, -0.15) is 8.78 Å². The topological polar surface area (TPSA) is 79.9 Å². The van der Waals surface area contributed by atoms with Crippen LogP contribution in [-0.4, -0.2) is 50.7 Å². The van der Waals surface area contributed by atoms with Gasteiger partial charge in [-0.05, 0) is 31.7 Å². The average Bonchev–Trinajstić information content (AvgIpc) is 2.48. The van der Waals surface area contributed by atoms with Gasteiger partial charge in [0.1, 0.15) is 0 Å². The number of hydrogen-bond donors (Lipinski definition) is 2. The maximum atomic E-state index is 12.3. The zero-order valence-corrected chi connectivity index (χ0v) is 13.8.